The highest BCUT2D eigenvalue weighted by Gasteiger charge is 2.17. The van der Waals surface area contributed by atoms with Crippen molar-refractivity contribution in [2.45, 2.75) is 31.5 Å². The fourth-order valence-electron chi connectivity index (χ4n) is 3.30. The first-order valence-electron chi connectivity index (χ1n) is 10.8. The fraction of sp³-hybridized carbons (Fsp3) is 0.200. The van der Waals surface area contributed by atoms with Crippen LogP contribution in [0.4, 0.5) is 0 Å². The summed E-state index contributed by atoms with van der Waals surface area (Å²) in [4.78, 5) is 16.3. The molecule has 0 aliphatic heterocycles. The Morgan fingerprint density at radius 1 is 1.06 bits per heavy atom. The standard InChI is InChI=1S/C25H23Cl2N5OS/c1-17-6-8-19(9-7-17)24-30-31-25(32(24)20-10-11-21(26)22(27)14-20)34-13-3-5-23(33)29-16-18-4-2-12-28-15-18/h2,4,6-12,14-15H,3,5,13,16H2,1H3,(H,29,33). The maximum Gasteiger partial charge on any atom is 0.220 e. The van der Waals surface area contributed by atoms with E-state index in [1.54, 1.807) is 36.3 Å². The third kappa shape index (κ3) is 6.17. The molecule has 1 amide bonds. The number of thioether (sulfide) groups is 1. The Morgan fingerprint density at radius 3 is 2.62 bits per heavy atom. The molecule has 1 N–H and O–H groups in total. The second-order valence-corrected chi connectivity index (χ2v) is 9.57. The molecule has 174 valence electrons. The Bertz CT molecular complexity index is 1260. The summed E-state index contributed by atoms with van der Waals surface area (Å²) in [6.07, 6.45) is 4.60. The average Bonchev–Trinajstić information content (AvgIpc) is 3.27. The van der Waals surface area contributed by atoms with Crippen molar-refractivity contribution >= 4 is 40.9 Å². The summed E-state index contributed by atoms with van der Waals surface area (Å²) < 4.78 is 1.97. The number of hydrogen-bond donors (Lipinski definition) is 1. The monoisotopic (exact) mass is 511 g/mol. The first-order valence-corrected chi connectivity index (χ1v) is 12.5. The van der Waals surface area contributed by atoms with Crippen LogP contribution in [0.2, 0.25) is 10.0 Å². The van der Waals surface area contributed by atoms with Crippen LogP contribution in [0, 0.1) is 6.92 Å². The first-order chi connectivity index (χ1) is 16.5. The van der Waals surface area contributed by atoms with Crippen molar-refractivity contribution in [2.75, 3.05) is 5.75 Å². The highest BCUT2D eigenvalue weighted by Crippen LogP contribution is 2.31. The molecule has 4 rings (SSSR count). The predicted octanol–water partition coefficient (Wildman–Crippen LogP) is 6.13. The maximum absolute atomic E-state index is 12.2. The Morgan fingerprint density at radius 2 is 1.88 bits per heavy atom. The van der Waals surface area contributed by atoms with Gasteiger partial charge in [-0.05, 0) is 43.2 Å². The van der Waals surface area contributed by atoms with Crippen molar-refractivity contribution in [3.05, 3.63) is 88.2 Å². The molecule has 2 heterocycles. The van der Waals surface area contributed by atoms with E-state index in [1.807, 2.05) is 54.0 Å². The van der Waals surface area contributed by atoms with Gasteiger partial charge in [-0.1, -0.05) is 70.9 Å². The Labute approximate surface area is 212 Å². The van der Waals surface area contributed by atoms with Crippen LogP contribution in [-0.4, -0.2) is 31.4 Å². The normalized spacial score (nSPS) is 10.9. The van der Waals surface area contributed by atoms with Crippen LogP contribution in [0.3, 0.4) is 0 Å². The van der Waals surface area contributed by atoms with E-state index in [2.05, 4.69) is 20.5 Å². The molecular weight excluding hydrogens is 489 g/mol. The van der Waals surface area contributed by atoms with Crippen molar-refractivity contribution in [3.63, 3.8) is 0 Å². The number of nitrogens with one attached hydrogen (secondary N) is 1. The van der Waals surface area contributed by atoms with Gasteiger partial charge in [0.05, 0.1) is 15.7 Å². The van der Waals surface area contributed by atoms with E-state index in [1.165, 1.54) is 5.56 Å². The molecule has 0 unspecified atom stereocenters. The summed E-state index contributed by atoms with van der Waals surface area (Å²) in [5, 5.41) is 13.5. The lowest BCUT2D eigenvalue weighted by molar-refractivity contribution is -0.121. The van der Waals surface area contributed by atoms with Crippen molar-refractivity contribution in [1.29, 1.82) is 0 Å². The number of pyridine rings is 1. The number of aryl methyl sites for hydroxylation is 1. The highest BCUT2D eigenvalue weighted by atomic mass is 35.5. The zero-order valence-corrected chi connectivity index (χ0v) is 20.9. The quantitative estimate of drug-likeness (QED) is 0.216. The third-order valence-corrected chi connectivity index (χ3v) is 6.85. The van der Waals surface area contributed by atoms with Crippen molar-refractivity contribution in [1.82, 2.24) is 25.1 Å². The van der Waals surface area contributed by atoms with Crippen molar-refractivity contribution in [3.8, 4) is 17.1 Å². The zero-order chi connectivity index (χ0) is 23.9. The molecule has 0 spiro atoms. The third-order valence-electron chi connectivity index (χ3n) is 5.10. The molecule has 0 fully saturated rings. The van der Waals surface area contributed by atoms with E-state index in [0.29, 0.717) is 35.2 Å². The van der Waals surface area contributed by atoms with Crippen LogP contribution < -0.4 is 5.32 Å². The second-order valence-electron chi connectivity index (χ2n) is 7.70. The van der Waals surface area contributed by atoms with Gasteiger partial charge in [0.15, 0.2) is 11.0 Å². The first kappa shape index (κ1) is 24.3. The Kier molecular flexibility index (Phi) is 8.21. The SMILES string of the molecule is Cc1ccc(-c2nnc(SCCCC(=O)NCc3cccnc3)n2-c2ccc(Cl)c(Cl)c2)cc1. The van der Waals surface area contributed by atoms with Gasteiger partial charge < -0.3 is 5.32 Å². The lowest BCUT2D eigenvalue weighted by Crippen LogP contribution is -2.22. The summed E-state index contributed by atoms with van der Waals surface area (Å²) in [5.41, 5.74) is 3.92. The number of aromatic nitrogens is 4. The molecule has 0 saturated carbocycles. The molecule has 0 saturated heterocycles. The molecule has 6 nitrogen and oxygen atoms in total. The van der Waals surface area contributed by atoms with E-state index in [9.17, 15) is 4.79 Å². The van der Waals surface area contributed by atoms with Gasteiger partial charge in [-0.3, -0.25) is 14.3 Å². The van der Waals surface area contributed by atoms with Crippen LogP contribution in [0.15, 0.2) is 72.1 Å². The van der Waals surface area contributed by atoms with E-state index in [-0.39, 0.29) is 5.91 Å². The lowest BCUT2D eigenvalue weighted by Gasteiger charge is -2.11. The number of rotatable bonds is 9. The summed E-state index contributed by atoms with van der Waals surface area (Å²) in [5.74, 6) is 1.44. The van der Waals surface area contributed by atoms with Crippen LogP contribution >= 0.6 is 35.0 Å². The van der Waals surface area contributed by atoms with Gasteiger partial charge in [-0.25, -0.2) is 0 Å². The summed E-state index contributed by atoms with van der Waals surface area (Å²) >= 11 is 14.0. The van der Waals surface area contributed by atoms with Crippen LogP contribution in [0.5, 0.6) is 0 Å². The number of halogens is 2. The predicted molar refractivity (Wildman–Crippen MR) is 138 cm³/mol. The van der Waals surface area contributed by atoms with Gasteiger partial charge in [0.2, 0.25) is 5.91 Å². The molecule has 9 heteroatoms. The minimum absolute atomic E-state index is 0.00995. The van der Waals surface area contributed by atoms with E-state index in [0.717, 1.165) is 27.8 Å². The summed E-state index contributed by atoms with van der Waals surface area (Å²) in [6.45, 7) is 2.52. The molecule has 34 heavy (non-hydrogen) atoms. The highest BCUT2D eigenvalue weighted by molar-refractivity contribution is 7.99. The smallest absolute Gasteiger partial charge is 0.220 e. The number of carbonyl (C=O) groups excluding carboxylic acids is 1. The molecular formula is C25H23Cl2N5OS. The molecule has 2 aromatic heterocycles. The van der Waals surface area contributed by atoms with Crippen LogP contribution in [0.25, 0.3) is 17.1 Å². The Hall–Kier alpha value is -2.87. The fourth-order valence-corrected chi connectivity index (χ4v) is 4.48. The average molecular weight is 512 g/mol. The summed E-state index contributed by atoms with van der Waals surface area (Å²) in [7, 11) is 0. The molecule has 0 bridgehead atoms. The van der Waals surface area contributed by atoms with Gasteiger partial charge in [-0.15, -0.1) is 10.2 Å². The number of amides is 1. The molecule has 0 radical (unpaired) electrons. The number of nitrogens with zero attached hydrogens (tertiary/aromatic N) is 4. The molecule has 0 aliphatic carbocycles. The zero-order valence-electron chi connectivity index (χ0n) is 18.5. The van der Waals surface area contributed by atoms with Gasteiger partial charge in [0, 0.05) is 36.7 Å². The van der Waals surface area contributed by atoms with Gasteiger partial charge in [0.1, 0.15) is 0 Å². The van der Waals surface area contributed by atoms with Crippen molar-refractivity contribution in [2.24, 2.45) is 0 Å². The molecule has 0 atom stereocenters. The van der Waals surface area contributed by atoms with E-state index in [4.69, 9.17) is 23.2 Å². The second kappa shape index (κ2) is 11.5. The molecule has 0 aliphatic rings. The van der Waals surface area contributed by atoms with Crippen LogP contribution in [0.1, 0.15) is 24.0 Å². The number of hydrogen-bond acceptors (Lipinski definition) is 5. The Balaban J connectivity index is 1.44. The number of benzene rings is 2. The number of carbonyl (C=O) groups is 1. The summed E-state index contributed by atoms with van der Waals surface area (Å²) in [6, 6.07) is 17.4. The maximum atomic E-state index is 12.2. The van der Waals surface area contributed by atoms with Crippen molar-refractivity contribution < 1.29 is 4.79 Å². The van der Waals surface area contributed by atoms with Gasteiger partial charge in [-0.2, -0.15) is 0 Å². The minimum Gasteiger partial charge on any atom is -0.352 e. The van der Waals surface area contributed by atoms with Gasteiger partial charge >= 0.3 is 0 Å². The topological polar surface area (TPSA) is 72.7 Å². The minimum atomic E-state index is 0.00995. The van der Waals surface area contributed by atoms with Crippen LogP contribution in [-0.2, 0) is 11.3 Å². The van der Waals surface area contributed by atoms with E-state index >= 15 is 0 Å². The van der Waals surface area contributed by atoms with E-state index < -0.39 is 0 Å². The molecule has 2 aromatic carbocycles. The lowest BCUT2D eigenvalue weighted by atomic mass is 10.1. The van der Waals surface area contributed by atoms with Gasteiger partial charge in [0.25, 0.3) is 0 Å². The largest absolute Gasteiger partial charge is 0.352 e. The molecule has 4 aromatic rings.